The number of benzene rings is 3. The van der Waals surface area contributed by atoms with E-state index in [1.54, 1.807) is 28.6 Å². The molecule has 7 aliphatic rings. The Morgan fingerprint density at radius 2 is 1.16 bits per heavy atom. The van der Waals surface area contributed by atoms with E-state index in [9.17, 15) is 34.0 Å². The number of allylic oxidation sites excluding steroid dienone is 2. The smallest absolute Gasteiger partial charge is 0.397 e. The summed E-state index contributed by atoms with van der Waals surface area (Å²) < 4.78 is 49.4. The summed E-state index contributed by atoms with van der Waals surface area (Å²) >= 11 is 1.40. The highest BCUT2D eigenvalue weighted by Gasteiger charge is 2.55. The highest BCUT2D eigenvalue weighted by molar-refractivity contribution is 7.98. The van der Waals surface area contributed by atoms with Crippen molar-refractivity contribution < 1.29 is 81.5 Å². The van der Waals surface area contributed by atoms with E-state index in [0.717, 1.165) is 22.3 Å². The summed E-state index contributed by atoms with van der Waals surface area (Å²) in [4.78, 5) is 93.5. The molecule has 22 nitrogen and oxygen atoms in total. The largest absolute Gasteiger partial charge is 0.493 e. The van der Waals surface area contributed by atoms with Crippen LogP contribution in [0, 0.1) is 0 Å². The summed E-state index contributed by atoms with van der Waals surface area (Å²) in [5.74, 6) is -1.81. The molecule has 1 N–H and O–H groups in total. The van der Waals surface area contributed by atoms with Gasteiger partial charge in [0, 0.05) is 44.6 Å². The molecule has 0 radical (unpaired) electrons. The van der Waals surface area contributed by atoms with Gasteiger partial charge in [-0.15, -0.1) is 0 Å². The number of hydrogen-bond donors (Lipinski definition) is 1. The van der Waals surface area contributed by atoms with E-state index in [4.69, 9.17) is 52.7 Å². The second-order valence-electron chi connectivity index (χ2n) is 20.6. The van der Waals surface area contributed by atoms with E-state index in [1.807, 2.05) is 62.1 Å². The van der Waals surface area contributed by atoms with Gasteiger partial charge >= 0.3 is 17.8 Å². The molecule has 3 aromatic carbocycles. The van der Waals surface area contributed by atoms with Gasteiger partial charge in [-0.3, -0.25) is 28.7 Å². The number of quaternary nitrogens is 1. The first kappa shape index (κ1) is 58.7. The van der Waals surface area contributed by atoms with Crippen molar-refractivity contribution in [1.29, 1.82) is 0 Å². The minimum Gasteiger partial charge on any atom is -0.493 e. The third kappa shape index (κ3) is 12.7. The molecule has 7 aliphatic heterocycles. The lowest BCUT2D eigenvalue weighted by molar-refractivity contribution is -1.12. The van der Waals surface area contributed by atoms with Crippen LogP contribution in [0.1, 0.15) is 116 Å². The summed E-state index contributed by atoms with van der Waals surface area (Å²) in [5.41, 5.74) is 7.19. The van der Waals surface area contributed by atoms with Gasteiger partial charge in [-0.25, -0.2) is 19.2 Å². The van der Waals surface area contributed by atoms with Gasteiger partial charge in [-0.2, -0.15) is 5.21 Å². The minimum absolute atomic E-state index is 0.00566. The quantitative estimate of drug-likeness (QED) is 0.0243. The van der Waals surface area contributed by atoms with E-state index in [2.05, 4.69) is 12.1 Å². The summed E-state index contributed by atoms with van der Waals surface area (Å²) in [6, 6.07) is 9.95. The van der Waals surface area contributed by atoms with Crippen LogP contribution in [0.2, 0.25) is 0 Å². The third-order valence-corrected chi connectivity index (χ3v) is 16.4. The number of methoxy groups -OCH3 is 2. The van der Waals surface area contributed by atoms with Crippen LogP contribution in [0.15, 0.2) is 69.7 Å². The van der Waals surface area contributed by atoms with Gasteiger partial charge in [0.15, 0.2) is 23.0 Å². The number of nitrogens with zero attached hydrogens (tertiary/aromatic N) is 6. The van der Waals surface area contributed by atoms with Gasteiger partial charge in [0.1, 0.15) is 18.0 Å². The van der Waals surface area contributed by atoms with Gasteiger partial charge < -0.3 is 47.7 Å². The first-order chi connectivity index (χ1) is 39.0. The first-order valence-electron chi connectivity index (χ1n) is 27.0. The van der Waals surface area contributed by atoms with Gasteiger partial charge in [0.2, 0.25) is 5.91 Å². The number of carbonyl (C=O) groups is 6. The van der Waals surface area contributed by atoms with Crippen LogP contribution in [0.25, 0.3) is 0 Å². The fourth-order valence-electron chi connectivity index (χ4n) is 10.5. The molecule has 5 amide bonds. The number of aliphatic imine (C=N–C) groups is 2. The molecule has 7 heterocycles. The number of amides is 5. The Kier molecular flexibility index (Phi) is 18.4. The SMILES string of the molecule is C/C=C1\C[C@H]2C=Nc3cc(OCc4cc5cc(COc6cc7c(cc6OC)C(=O)N6C/C(=C/C)C[C@H]6C=N7)c4C(COCCOCCOCCOCCC(=O)O[N+]4(O)C(=O)CCC4=O)N(C(C)=O)SC5(C)C)c(OC)cc3C(=O)N2C1. The van der Waals surface area contributed by atoms with E-state index >= 15 is 0 Å². The number of fused-ring (bicyclic) bond motifs is 9. The number of rotatable bonds is 23. The van der Waals surface area contributed by atoms with Crippen molar-refractivity contribution in [3.63, 3.8) is 0 Å². The number of ether oxygens (including phenoxy) is 8. The summed E-state index contributed by atoms with van der Waals surface area (Å²) in [5, 5.41) is 10.1. The predicted octanol–water partition coefficient (Wildman–Crippen LogP) is 7.37. The lowest BCUT2D eigenvalue weighted by Gasteiger charge is -2.41. The van der Waals surface area contributed by atoms with Crippen LogP contribution in [0.4, 0.5) is 11.4 Å². The van der Waals surface area contributed by atoms with Crippen LogP contribution in [-0.2, 0) is 60.9 Å². The molecule has 81 heavy (non-hydrogen) atoms. The highest BCUT2D eigenvalue weighted by Crippen LogP contribution is 2.49. The zero-order valence-electron chi connectivity index (χ0n) is 46.7. The first-order valence-corrected chi connectivity index (χ1v) is 27.8. The molecule has 2 bridgehead atoms. The van der Waals surface area contributed by atoms with Crippen LogP contribution >= 0.6 is 11.9 Å². The molecule has 432 valence electrons. The Balaban J connectivity index is 0.915. The second kappa shape index (κ2) is 25.4. The molecule has 3 saturated heterocycles. The summed E-state index contributed by atoms with van der Waals surface area (Å²) in [7, 11) is 3.05. The number of imide groups is 1. The van der Waals surface area contributed by atoms with Crippen molar-refractivity contribution in [1.82, 2.24) is 14.1 Å². The standard InChI is InChI=1S/C58H69N6O16S/c1-8-36-20-41-28-59-45-26-50(48(72-6)24-43(45)56(69)61(41)30-36)78-32-38-22-40-23-39(33-79-51-27-46-44(25-49(51)73-7)57(70)62-31-37(9-2)21-42(62)29-60-46)55(38)47(63(35(3)65)81-58(40,4)5)34-77-19-18-76-17-16-75-15-14-74-13-12-54(68)80-64(71)52(66)10-11-53(64)67/h8-9,22-29,41-42,47,71H,10-21,30-34H2,1-7H3/q+1/b36-8+,37-9+/t41-,42-,47?/m0/s1. The number of hydrogen-bond acceptors (Lipinski definition) is 19. The van der Waals surface area contributed by atoms with Crippen LogP contribution in [-0.4, -0.2) is 164 Å². The Labute approximate surface area is 474 Å². The topological polar surface area (TPSA) is 240 Å². The second-order valence-corrected chi connectivity index (χ2v) is 22.2. The normalized spacial score (nSPS) is 21.4. The molecule has 3 aromatic rings. The lowest BCUT2D eigenvalue weighted by Crippen LogP contribution is -2.50. The number of hydroxylamine groups is 4. The Bertz CT molecular complexity index is 2930. The lowest BCUT2D eigenvalue weighted by atomic mass is 9.89. The van der Waals surface area contributed by atoms with Crippen LogP contribution in [0.5, 0.6) is 23.0 Å². The highest BCUT2D eigenvalue weighted by atomic mass is 32.2. The Hall–Kier alpha value is -6.99. The van der Waals surface area contributed by atoms with Crippen LogP contribution in [0.3, 0.4) is 0 Å². The molecule has 0 aliphatic carbocycles. The number of carbonyl (C=O) groups excluding carboxylic acids is 6. The molecule has 0 aromatic heterocycles. The minimum atomic E-state index is -1.97. The van der Waals surface area contributed by atoms with Gasteiger partial charge in [0.25, 0.3) is 11.8 Å². The van der Waals surface area contributed by atoms with Crippen molar-refractivity contribution in [2.75, 3.05) is 80.2 Å². The molecular weight excluding hydrogens is 1070 g/mol. The van der Waals surface area contributed by atoms with E-state index in [0.29, 0.717) is 71.4 Å². The monoisotopic (exact) mass is 1140 g/mol. The van der Waals surface area contributed by atoms with Crippen molar-refractivity contribution in [2.24, 2.45) is 9.98 Å². The molecule has 23 heteroatoms. The zero-order chi connectivity index (χ0) is 57.6. The Morgan fingerprint density at radius 1 is 0.691 bits per heavy atom. The molecule has 10 rings (SSSR count). The Morgan fingerprint density at radius 3 is 1.62 bits per heavy atom. The van der Waals surface area contributed by atoms with Gasteiger partial charge in [0.05, 0.1) is 132 Å². The van der Waals surface area contributed by atoms with E-state index < -0.39 is 33.4 Å². The predicted molar refractivity (Wildman–Crippen MR) is 295 cm³/mol. The molecule has 3 fully saturated rings. The maximum Gasteiger partial charge on any atom is 0.397 e. The summed E-state index contributed by atoms with van der Waals surface area (Å²) in [6.45, 7) is 11.7. The maximum absolute atomic E-state index is 14.0. The van der Waals surface area contributed by atoms with Crippen molar-refractivity contribution in [3.05, 3.63) is 93.1 Å². The summed E-state index contributed by atoms with van der Waals surface area (Å²) in [6.07, 6.45) is 8.44. The average molecular weight is 1140 g/mol. The van der Waals surface area contributed by atoms with Crippen molar-refractivity contribution in [2.45, 2.75) is 103 Å². The molecule has 3 atom stereocenters. The molecule has 1 unspecified atom stereocenters. The fraction of sp³-hybridized carbons (Fsp3) is 0.483. The van der Waals surface area contributed by atoms with Crippen LogP contribution < -0.4 is 18.9 Å². The van der Waals surface area contributed by atoms with Gasteiger partial charge in [-0.1, -0.05) is 35.4 Å². The molecular formula is C58H69N6O16S+. The van der Waals surface area contributed by atoms with Crippen molar-refractivity contribution >= 4 is 71.3 Å². The third-order valence-electron chi connectivity index (χ3n) is 15.0. The fourth-order valence-corrected chi connectivity index (χ4v) is 11.6. The molecule has 0 spiro atoms. The van der Waals surface area contributed by atoms with Gasteiger partial charge in [-0.05, 0) is 86.9 Å². The van der Waals surface area contributed by atoms with Crippen molar-refractivity contribution in [3.8, 4) is 23.0 Å². The molecule has 0 saturated carbocycles. The average Bonchev–Trinajstić information content (AvgIpc) is 4.08. The van der Waals surface area contributed by atoms with E-state index in [1.165, 1.54) is 44.2 Å². The van der Waals surface area contributed by atoms with E-state index in [-0.39, 0.29) is 115 Å². The zero-order valence-corrected chi connectivity index (χ0v) is 47.5. The maximum atomic E-state index is 14.0.